The third-order valence-electron chi connectivity index (χ3n) is 4.05. The molecule has 0 fully saturated rings. The van der Waals surface area contributed by atoms with E-state index >= 15 is 0 Å². The third kappa shape index (κ3) is 7.10. The van der Waals surface area contributed by atoms with Crippen molar-refractivity contribution in [2.45, 2.75) is 52.7 Å². The van der Waals surface area contributed by atoms with Gasteiger partial charge in [0.2, 0.25) is 0 Å². The fourth-order valence-electron chi connectivity index (χ4n) is 2.88. The first kappa shape index (κ1) is 21.0. The Balaban J connectivity index is 1.77. The number of unbranched alkanes of at least 4 members (excludes halogenated alkanes) is 1. The van der Waals surface area contributed by atoms with Gasteiger partial charge in [0.15, 0.2) is 0 Å². The highest BCUT2D eigenvalue weighted by Crippen LogP contribution is 2.28. The van der Waals surface area contributed by atoms with Crippen LogP contribution in [0.1, 0.15) is 46.1 Å². The molecule has 2 aromatic carbocycles. The van der Waals surface area contributed by atoms with Crippen molar-refractivity contribution in [3.63, 3.8) is 0 Å². The van der Waals surface area contributed by atoms with Crippen LogP contribution >= 0.6 is 0 Å². The lowest BCUT2D eigenvalue weighted by Crippen LogP contribution is -2.33. The summed E-state index contributed by atoms with van der Waals surface area (Å²) < 4.78 is 11.0. The molecule has 0 unspecified atom stereocenters. The molecule has 0 aromatic heterocycles. The van der Waals surface area contributed by atoms with Gasteiger partial charge in [0.25, 0.3) is 0 Å². The van der Waals surface area contributed by atoms with Crippen molar-refractivity contribution in [3.05, 3.63) is 42.0 Å². The second kappa shape index (κ2) is 10.2. The van der Waals surface area contributed by atoms with E-state index in [9.17, 15) is 4.79 Å². The number of alkyl carbamates (subject to hydrolysis) is 1. The number of carbonyl (C=O) groups is 1. The maximum Gasteiger partial charge on any atom is 0.407 e. The molecule has 0 spiro atoms. The fourth-order valence-corrected chi connectivity index (χ4v) is 2.88. The molecule has 27 heavy (non-hydrogen) atoms. The van der Waals surface area contributed by atoms with Gasteiger partial charge in [0.05, 0.1) is 6.61 Å². The van der Waals surface area contributed by atoms with Crippen LogP contribution in [0.2, 0.25) is 0 Å². The first-order valence-electron chi connectivity index (χ1n) is 9.71. The summed E-state index contributed by atoms with van der Waals surface area (Å²) in [4.78, 5) is 11.6. The monoisotopic (exact) mass is 372 g/mol. The second-order valence-corrected chi connectivity index (χ2v) is 7.51. The summed E-state index contributed by atoms with van der Waals surface area (Å²) in [5.74, 6) is 0.940. The minimum absolute atomic E-state index is 0.354. The Morgan fingerprint density at radius 1 is 1.04 bits per heavy atom. The van der Waals surface area contributed by atoms with E-state index in [-0.39, 0.29) is 6.09 Å². The number of nitrogens with one attached hydrogen (secondary N) is 2. The predicted octanol–water partition coefficient (Wildman–Crippen LogP) is 4.63. The molecule has 0 aliphatic rings. The largest absolute Gasteiger partial charge is 0.494 e. The Morgan fingerprint density at radius 2 is 1.78 bits per heavy atom. The lowest BCUT2D eigenvalue weighted by Gasteiger charge is -2.19. The molecule has 5 heteroatoms. The van der Waals surface area contributed by atoms with Crippen LogP contribution in [0.3, 0.4) is 0 Å². The lowest BCUT2D eigenvalue weighted by molar-refractivity contribution is 0.0527. The predicted molar refractivity (Wildman–Crippen MR) is 110 cm³/mol. The van der Waals surface area contributed by atoms with E-state index in [1.54, 1.807) is 0 Å². The molecule has 1 amide bonds. The minimum atomic E-state index is -0.456. The van der Waals surface area contributed by atoms with Crippen molar-refractivity contribution in [2.75, 3.05) is 19.7 Å². The molecular formula is C22H32N2O3. The summed E-state index contributed by atoms with van der Waals surface area (Å²) in [6.45, 7) is 10.5. The minimum Gasteiger partial charge on any atom is -0.494 e. The van der Waals surface area contributed by atoms with Gasteiger partial charge in [-0.1, -0.05) is 30.3 Å². The van der Waals surface area contributed by atoms with Crippen LogP contribution in [0.15, 0.2) is 36.4 Å². The molecule has 2 rings (SSSR count). The smallest absolute Gasteiger partial charge is 0.407 e. The lowest BCUT2D eigenvalue weighted by atomic mass is 10.0. The Hall–Kier alpha value is -2.27. The van der Waals surface area contributed by atoms with E-state index < -0.39 is 5.60 Å². The van der Waals surface area contributed by atoms with E-state index in [0.717, 1.165) is 31.7 Å². The van der Waals surface area contributed by atoms with Crippen LogP contribution in [-0.4, -0.2) is 31.4 Å². The van der Waals surface area contributed by atoms with Crippen molar-refractivity contribution >= 4 is 16.9 Å². The van der Waals surface area contributed by atoms with Crippen LogP contribution in [-0.2, 0) is 11.3 Å². The highest BCUT2D eigenvalue weighted by Gasteiger charge is 2.15. The molecule has 2 N–H and O–H groups in total. The molecule has 148 valence electrons. The van der Waals surface area contributed by atoms with E-state index in [0.29, 0.717) is 13.2 Å². The molecule has 0 saturated carbocycles. The molecule has 0 bridgehead atoms. The SMILES string of the molecule is CCOc1ccc2ccccc2c1CNCCCCNC(=O)OC(C)(C)C. The van der Waals surface area contributed by atoms with Crippen LogP contribution < -0.4 is 15.4 Å². The summed E-state index contributed by atoms with van der Waals surface area (Å²) in [5.41, 5.74) is 0.740. The molecule has 2 aromatic rings. The number of benzene rings is 2. The zero-order valence-electron chi connectivity index (χ0n) is 16.9. The number of carbonyl (C=O) groups excluding carboxylic acids is 1. The van der Waals surface area contributed by atoms with Gasteiger partial charge in [-0.15, -0.1) is 0 Å². The van der Waals surface area contributed by atoms with Gasteiger partial charge >= 0.3 is 6.09 Å². The molecule has 0 heterocycles. The van der Waals surface area contributed by atoms with Crippen LogP contribution in [0.5, 0.6) is 5.75 Å². The van der Waals surface area contributed by atoms with E-state index in [2.05, 4.69) is 41.0 Å². The van der Waals surface area contributed by atoms with Gasteiger partial charge < -0.3 is 20.1 Å². The molecule has 5 nitrogen and oxygen atoms in total. The number of hydrogen-bond donors (Lipinski definition) is 2. The zero-order valence-corrected chi connectivity index (χ0v) is 16.9. The van der Waals surface area contributed by atoms with Crippen molar-refractivity contribution < 1.29 is 14.3 Å². The molecule has 0 aliphatic heterocycles. The topological polar surface area (TPSA) is 59.6 Å². The average molecular weight is 373 g/mol. The van der Waals surface area contributed by atoms with Gasteiger partial charge in [-0.05, 0) is 63.9 Å². The first-order valence-corrected chi connectivity index (χ1v) is 9.71. The molecule has 0 aliphatic carbocycles. The van der Waals surface area contributed by atoms with E-state index in [4.69, 9.17) is 9.47 Å². The van der Waals surface area contributed by atoms with Gasteiger partial charge in [-0.3, -0.25) is 0 Å². The zero-order chi connectivity index (χ0) is 19.7. The number of fused-ring (bicyclic) bond motifs is 1. The normalized spacial score (nSPS) is 11.4. The Labute approximate surface area is 162 Å². The summed E-state index contributed by atoms with van der Waals surface area (Å²) in [7, 11) is 0. The standard InChI is InChI=1S/C22H32N2O3/c1-5-26-20-13-12-17-10-6-7-11-18(17)19(20)16-23-14-8-9-15-24-21(25)27-22(2,3)4/h6-7,10-13,23H,5,8-9,14-16H2,1-4H3,(H,24,25). The van der Waals surface area contributed by atoms with Crippen molar-refractivity contribution in [1.82, 2.24) is 10.6 Å². The summed E-state index contributed by atoms with van der Waals surface area (Å²) in [5, 5.41) is 8.73. The van der Waals surface area contributed by atoms with Crippen molar-refractivity contribution in [3.8, 4) is 5.75 Å². The van der Waals surface area contributed by atoms with Gasteiger partial charge in [-0.25, -0.2) is 4.79 Å². The highest BCUT2D eigenvalue weighted by molar-refractivity contribution is 5.87. The van der Waals surface area contributed by atoms with Crippen LogP contribution in [0, 0.1) is 0 Å². The van der Waals surface area contributed by atoms with Crippen molar-refractivity contribution in [1.29, 1.82) is 0 Å². The number of amides is 1. The summed E-state index contributed by atoms with van der Waals surface area (Å²) in [6, 6.07) is 12.5. The Morgan fingerprint density at radius 3 is 2.52 bits per heavy atom. The molecule has 0 saturated heterocycles. The summed E-state index contributed by atoms with van der Waals surface area (Å²) in [6.07, 6.45) is 1.53. The van der Waals surface area contributed by atoms with Crippen LogP contribution in [0.25, 0.3) is 10.8 Å². The average Bonchev–Trinajstić information content (AvgIpc) is 2.60. The summed E-state index contributed by atoms with van der Waals surface area (Å²) >= 11 is 0. The van der Waals surface area contributed by atoms with Gasteiger partial charge in [-0.2, -0.15) is 0 Å². The molecular weight excluding hydrogens is 340 g/mol. The Kier molecular flexibility index (Phi) is 7.92. The maximum atomic E-state index is 11.6. The maximum absolute atomic E-state index is 11.6. The van der Waals surface area contributed by atoms with Crippen LogP contribution in [0.4, 0.5) is 4.79 Å². The van der Waals surface area contributed by atoms with Gasteiger partial charge in [0, 0.05) is 18.7 Å². The van der Waals surface area contributed by atoms with Crippen molar-refractivity contribution in [2.24, 2.45) is 0 Å². The highest BCUT2D eigenvalue weighted by atomic mass is 16.6. The number of ether oxygens (including phenoxy) is 2. The molecule has 0 atom stereocenters. The quantitative estimate of drug-likeness (QED) is 0.630. The van der Waals surface area contributed by atoms with E-state index in [1.807, 2.05) is 33.8 Å². The first-order chi connectivity index (χ1) is 12.9. The fraction of sp³-hybridized carbons (Fsp3) is 0.500. The number of rotatable bonds is 9. The van der Waals surface area contributed by atoms with E-state index in [1.165, 1.54) is 16.3 Å². The second-order valence-electron chi connectivity index (χ2n) is 7.51. The third-order valence-corrected chi connectivity index (χ3v) is 4.05. The Bertz CT molecular complexity index is 738. The number of hydrogen-bond acceptors (Lipinski definition) is 4. The van der Waals surface area contributed by atoms with Gasteiger partial charge in [0.1, 0.15) is 11.4 Å². The molecule has 0 radical (unpaired) electrons.